The lowest BCUT2D eigenvalue weighted by Crippen LogP contribution is -2.47. The standard InChI is InChI=1S/C18H25N3O2S2/c22-25(23,20-11-5-1-2-6-12-20)21-13-9-15(10-14-21)18-19-16-7-3-4-8-17(16)24-18/h3-4,7-8,15H,1-2,5-6,9-14H2. The van der Waals surface area contributed by atoms with Crippen molar-refractivity contribution in [1.82, 2.24) is 13.6 Å². The molecule has 0 bridgehead atoms. The SMILES string of the molecule is O=S(=O)(N1CCCCCC1)N1CCC(c2nc3ccccc3s2)CC1. The van der Waals surface area contributed by atoms with E-state index in [1.807, 2.05) is 18.2 Å². The van der Waals surface area contributed by atoms with Crippen LogP contribution in [0.15, 0.2) is 24.3 Å². The van der Waals surface area contributed by atoms with Crippen molar-refractivity contribution in [2.75, 3.05) is 26.2 Å². The molecule has 25 heavy (non-hydrogen) atoms. The molecule has 2 aliphatic heterocycles. The lowest BCUT2D eigenvalue weighted by molar-refractivity contribution is 0.287. The van der Waals surface area contributed by atoms with Gasteiger partial charge in [0.05, 0.1) is 15.2 Å². The molecule has 0 radical (unpaired) electrons. The van der Waals surface area contributed by atoms with Crippen molar-refractivity contribution in [2.24, 2.45) is 0 Å². The Morgan fingerprint density at radius 1 is 0.920 bits per heavy atom. The van der Waals surface area contributed by atoms with Crippen LogP contribution in [0.25, 0.3) is 10.2 Å². The highest BCUT2D eigenvalue weighted by Crippen LogP contribution is 2.34. The summed E-state index contributed by atoms with van der Waals surface area (Å²) in [4.78, 5) is 4.77. The molecule has 2 fully saturated rings. The zero-order valence-electron chi connectivity index (χ0n) is 14.4. The van der Waals surface area contributed by atoms with Gasteiger partial charge in [-0.25, -0.2) is 4.98 Å². The van der Waals surface area contributed by atoms with Crippen molar-refractivity contribution in [2.45, 2.75) is 44.4 Å². The van der Waals surface area contributed by atoms with Gasteiger partial charge >= 0.3 is 0 Å². The molecule has 0 N–H and O–H groups in total. The van der Waals surface area contributed by atoms with Crippen molar-refractivity contribution < 1.29 is 8.42 Å². The van der Waals surface area contributed by atoms with Gasteiger partial charge in [-0.3, -0.25) is 0 Å². The van der Waals surface area contributed by atoms with Crippen LogP contribution >= 0.6 is 11.3 Å². The van der Waals surface area contributed by atoms with E-state index in [-0.39, 0.29) is 0 Å². The van der Waals surface area contributed by atoms with Crippen LogP contribution in [0, 0.1) is 0 Å². The van der Waals surface area contributed by atoms with Crippen molar-refractivity contribution in [3.63, 3.8) is 0 Å². The molecule has 0 unspecified atom stereocenters. The maximum Gasteiger partial charge on any atom is 0.281 e. The topological polar surface area (TPSA) is 53.5 Å². The molecule has 2 saturated heterocycles. The third-order valence-electron chi connectivity index (χ3n) is 5.33. The molecule has 136 valence electrons. The average Bonchev–Trinajstić information content (AvgIpc) is 2.87. The average molecular weight is 380 g/mol. The fraction of sp³-hybridized carbons (Fsp3) is 0.611. The monoisotopic (exact) mass is 379 g/mol. The summed E-state index contributed by atoms with van der Waals surface area (Å²) in [5.74, 6) is 0.382. The second kappa shape index (κ2) is 7.31. The number of hydrogen-bond acceptors (Lipinski definition) is 4. The van der Waals surface area contributed by atoms with Crippen LogP contribution in [0.5, 0.6) is 0 Å². The number of fused-ring (bicyclic) bond motifs is 1. The highest BCUT2D eigenvalue weighted by molar-refractivity contribution is 7.86. The molecule has 0 spiro atoms. The largest absolute Gasteiger partial charge is 0.281 e. The number of para-hydroxylation sites is 1. The second-order valence-corrected chi connectivity index (χ2v) is 10.0. The molecular formula is C18H25N3O2S2. The van der Waals surface area contributed by atoms with Crippen LogP contribution in [0.3, 0.4) is 0 Å². The van der Waals surface area contributed by atoms with Gasteiger partial charge in [-0.15, -0.1) is 11.3 Å². The van der Waals surface area contributed by atoms with Crippen LogP contribution < -0.4 is 0 Å². The van der Waals surface area contributed by atoms with Gasteiger partial charge in [-0.05, 0) is 37.8 Å². The Labute approximate surface area is 153 Å². The molecule has 0 atom stereocenters. The van der Waals surface area contributed by atoms with Gasteiger partial charge in [0, 0.05) is 32.1 Å². The van der Waals surface area contributed by atoms with Crippen LogP contribution in [0.1, 0.15) is 49.5 Å². The molecule has 1 aromatic heterocycles. The number of thiazole rings is 1. The number of rotatable bonds is 3. The summed E-state index contributed by atoms with van der Waals surface area (Å²) in [5.41, 5.74) is 1.06. The Morgan fingerprint density at radius 3 is 2.24 bits per heavy atom. The van der Waals surface area contributed by atoms with E-state index in [0.29, 0.717) is 32.1 Å². The van der Waals surface area contributed by atoms with Gasteiger partial charge in [-0.1, -0.05) is 25.0 Å². The van der Waals surface area contributed by atoms with Crippen molar-refractivity contribution in [1.29, 1.82) is 0 Å². The van der Waals surface area contributed by atoms with E-state index in [1.165, 1.54) is 4.70 Å². The maximum atomic E-state index is 12.9. The Kier molecular flexibility index (Phi) is 5.08. The van der Waals surface area contributed by atoms with E-state index in [0.717, 1.165) is 49.0 Å². The summed E-state index contributed by atoms with van der Waals surface area (Å²) in [6.07, 6.45) is 6.00. The summed E-state index contributed by atoms with van der Waals surface area (Å²) in [6, 6.07) is 8.21. The fourth-order valence-corrected chi connectivity index (χ4v) is 6.69. The minimum Gasteiger partial charge on any atom is -0.241 e. The van der Waals surface area contributed by atoms with E-state index in [4.69, 9.17) is 4.98 Å². The zero-order valence-corrected chi connectivity index (χ0v) is 16.1. The summed E-state index contributed by atoms with van der Waals surface area (Å²) < 4.78 is 30.5. The van der Waals surface area contributed by atoms with E-state index in [1.54, 1.807) is 19.9 Å². The molecule has 7 heteroatoms. The summed E-state index contributed by atoms with van der Waals surface area (Å²) in [6.45, 7) is 2.58. The first kappa shape index (κ1) is 17.4. The summed E-state index contributed by atoms with van der Waals surface area (Å²) in [7, 11) is -3.29. The van der Waals surface area contributed by atoms with Crippen LogP contribution in [-0.4, -0.2) is 48.2 Å². The number of hydrogen-bond donors (Lipinski definition) is 0. The predicted molar refractivity (Wildman–Crippen MR) is 102 cm³/mol. The summed E-state index contributed by atoms with van der Waals surface area (Å²) >= 11 is 1.75. The highest BCUT2D eigenvalue weighted by Gasteiger charge is 2.34. The molecule has 5 nitrogen and oxygen atoms in total. The van der Waals surface area contributed by atoms with Gasteiger partial charge in [0.2, 0.25) is 0 Å². The number of nitrogens with zero attached hydrogens (tertiary/aromatic N) is 3. The van der Waals surface area contributed by atoms with Gasteiger partial charge < -0.3 is 0 Å². The quantitative estimate of drug-likeness (QED) is 0.819. The van der Waals surface area contributed by atoms with E-state index < -0.39 is 10.2 Å². The third-order valence-corrected chi connectivity index (χ3v) is 8.57. The van der Waals surface area contributed by atoms with Gasteiger partial charge in [0.15, 0.2) is 0 Å². The molecule has 2 aliphatic rings. The normalized spacial score (nSPS) is 22.2. The highest BCUT2D eigenvalue weighted by atomic mass is 32.2. The lowest BCUT2D eigenvalue weighted by Gasteiger charge is -2.34. The number of benzene rings is 1. The molecule has 0 saturated carbocycles. The van der Waals surface area contributed by atoms with E-state index in [9.17, 15) is 8.42 Å². The van der Waals surface area contributed by atoms with E-state index in [2.05, 4.69) is 6.07 Å². The van der Waals surface area contributed by atoms with Crippen LogP contribution in [-0.2, 0) is 10.2 Å². The number of piperidine rings is 1. The minimum absolute atomic E-state index is 0.382. The van der Waals surface area contributed by atoms with Gasteiger partial charge in [-0.2, -0.15) is 17.0 Å². The van der Waals surface area contributed by atoms with Crippen molar-refractivity contribution >= 4 is 31.8 Å². The molecule has 1 aromatic carbocycles. The Balaban J connectivity index is 1.43. The smallest absolute Gasteiger partial charge is 0.241 e. The van der Waals surface area contributed by atoms with Crippen LogP contribution in [0.4, 0.5) is 0 Å². The Morgan fingerprint density at radius 2 is 1.56 bits per heavy atom. The second-order valence-electron chi connectivity index (χ2n) is 7.01. The molecule has 0 amide bonds. The molecule has 4 rings (SSSR count). The molecule has 2 aromatic rings. The van der Waals surface area contributed by atoms with E-state index >= 15 is 0 Å². The van der Waals surface area contributed by atoms with Crippen LogP contribution in [0.2, 0.25) is 0 Å². The van der Waals surface area contributed by atoms with Gasteiger partial charge in [0.25, 0.3) is 10.2 Å². The fourth-order valence-electron chi connectivity index (χ4n) is 3.83. The Hall–Kier alpha value is -1.02. The first-order chi connectivity index (χ1) is 12.1. The molecule has 0 aliphatic carbocycles. The molecule has 3 heterocycles. The Bertz CT molecular complexity index is 785. The minimum atomic E-state index is -3.29. The van der Waals surface area contributed by atoms with Crippen molar-refractivity contribution in [3.05, 3.63) is 29.3 Å². The first-order valence-electron chi connectivity index (χ1n) is 9.25. The van der Waals surface area contributed by atoms with Crippen molar-refractivity contribution in [3.8, 4) is 0 Å². The first-order valence-corrected chi connectivity index (χ1v) is 11.5. The molecular weight excluding hydrogens is 354 g/mol. The third kappa shape index (κ3) is 3.60. The lowest BCUT2D eigenvalue weighted by atomic mass is 9.99. The zero-order chi connectivity index (χ0) is 17.3. The maximum absolute atomic E-state index is 12.9. The summed E-state index contributed by atoms with van der Waals surface area (Å²) in [5, 5.41) is 1.16. The number of aromatic nitrogens is 1. The predicted octanol–water partition coefficient (Wildman–Crippen LogP) is 3.60. The van der Waals surface area contributed by atoms with Gasteiger partial charge in [0.1, 0.15) is 0 Å².